The number of hydrogen-bond donors (Lipinski definition) is 2. The first-order chi connectivity index (χ1) is 12.6. The lowest BCUT2D eigenvalue weighted by Gasteiger charge is -2.32. The van der Waals surface area contributed by atoms with E-state index in [0.717, 1.165) is 24.9 Å². The molecule has 1 amide bonds. The number of carbonyl (C=O) groups excluding carboxylic acids is 1. The maximum Gasteiger partial charge on any atom is 0.266 e. The molecule has 1 unspecified atom stereocenters. The zero-order chi connectivity index (χ0) is 18.1. The molecule has 0 aliphatic carbocycles. The summed E-state index contributed by atoms with van der Waals surface area (Å²) in [5.74, 6) is 0.548. The second-order valence-electron chi connectivity index (χ2n) is 6.45. The first kappa shape index (κ1) is 16.2. The fourth-order valence-electron chi connectivity index (χ4n) is 3.22. The van der Waals surface area contributed by atoms with Crippen LogP contribution >= 0.6 is 0 Å². The third kappa shape index (κ3) is 3.15. The van der Waals surface area contributed by atoms with Crippen LogP contribution in [0.25, 0.3) is 11.0 Å². The Morgan fingerprint density at radius 3 is 2.92 bits per heavy atom. The summed E-state index contributed by atoms with van der Waals surface area (Å²) in [6.45, 7) is 1.39. The van der Waals surface area contributed by atoms with E-state index in [1.807, 2.05) is 17.0 Å². The number of amides is 1. The molecule has 0 saturated carbocycles. The van der Waals surface area contributed by atoms with E-state index in [-0.39, 0.29) is 17.4 Å². The third-order valence-electron chi connectivity index (χ3n) is 4.65. The van der Waals surface area contributed by atoms with Crippen molar-refractivity contribution in [3.8, 4) is 0 Å². The van der Waals surface area contributed by atoms with Crippen LogP contribution in [0.15, 0.2) is 35.1 Å². The van der Waals surface area contributed by atoms with Gasteiger partial charge in [-0.25, -0.2) is 4.68 Å². The van der Waals surface area contributed by atoms with Crippen LogP contribution in [-0.2, 0) is 11.8 Å². The van der Waals surface area contributed by atoms with Crippen molar-refractivity contribution in [1.82, 2.24) is 25.2 Å². The third-order valence-corrected chi connectivity index (χ3v) is 4.65. The maximum atomic E-state index is 12.7. The van der Waals surface area contributed by atoms with Gasteiger partial charge in [-0.05, 0) is 37.1 Å². The molecule has 0 spiro atoms. The minimum atomic E-state index is -0.150. The zero-order valence-electron chi connectivity index (χ0n) is 14.3. The number of nitrogens with zero attached hydrogens (tertiary/aromatic N) is 5. The summed E-state index contributed by atoms with van der Waals surface area (Å²) in [6, 6.07) is 8.64. The molecule has 1 atom stereocenters. The summed E-state index contributed by atoms with van der Waals surface area (Å²) in [4.78, 5) is 26.2. The average Bonchev–Trinajstić information content (AvgIpc) is 3.12. The summed E-state index contributed by atoms with van der Waals surface area (Å²) in [7, 11) is 1.63. The predicted octanol–water partition coefficient (Wildman–Crippen LogP) is 0.907. The summed E-state index contributed by atoms with van der Waals surface area (Å²) in [6.07, 6.45) is 1.71. The molecule has 26 heavy (non-hydrogen) atoms. The molecule has 2 aromatic heterocycles. The number of carbonyl (C=O) groups is 1. The molecule has 3 heterocycles. The van der Waals surface area contributed by atoms with Gasteiger partial charge in [-0.15, -0.1) is 0 Å². The summed E-state index contributed by atoms with van der Waals surface area (Å²) >= 11 is 0. The number of nitrogens with one attached hydrogen (secondary N) is 2. The van der Waals surface area contributed by atoms with E-state index in [0.29, 0.717) is 23.6 Å². The van der Waals surface area contributed by atoms with Crippen molar-refractivity contribution < 1.29 is 4.79 Å². The lowest BCUT2D eigenvalue weighted by Crippen LogP contribution is -2.41. The van der Waals surface area contributed by atoms with E-state index in [1.54, 1.807) is 19.2 Å². The first-order valence-corrected chi connectivity index (χ1v) is 8.51. The lowest BCUT2D eigenvalue weighted by atomic mass is 9.97. The van der Waals surface area contributed by atoms with Gasteiger partial charge >= 0.3 is 0 Å². The fourth-order valence-corrected chi connectivity index (χ4v) is 3.22. The molecule has 1 aliphatic rings. The number of aromatic amines is 1. The molecule has 3 aromatic rings. The van der Waals surface area contributed by atoms with Crippen molar-refractivity contribution in [2.24, 2.45) is 13.0 Å². The first-order valence-electron chi connectivity index (χ1n) is 8.51. The van der Waals surface area contributed by atoms with Crippen LogP contribution in [0.1, 0.15) is 12.8 Å². The molecule has 9 heteroatoms. The van der Waals surface area contributed by atoms with Crippen molar-refractivity contribution in [2.75, 3.05) is 23.3 Å². The highest BCUT2D eigenvalue weighted by atomic mass is 16.2. The molecule has 1 aromatic carbocycles. The van der Waals surface area contributed by atoms with Gasteiger partial charge in [0.1, 0.15) is 16.9 Å². The standard InChI is InChI=1S/C17H19N7O2/c1-23-16(25)7-6-15(21-23)24-8-2-3-11(10-24)17(26)18-12-4-5-13-14(9-12)20-22-19-13/h4-7,9,11H,2-3,8,10H2,1H3,(H,18,26)(H,19,20,22). The van der Waals surface area contributed by atoms with E-state index < -0.39 is 0 Å². The van der Waals surface area contributed by atoms with Crippen molar-refractivity contribution in [2.45, 2.75) is 12.8 Å². The number of benzene rings is 1. The number of hydrogen-bond acceptors (Lipinski definition) is 6. The van der Waals surface area contributed by atoms with Crippen molar-refractivity contribution in [3.63, 3.8) is 0 Å². The van der Waals surface area contributed by atoms with Gasteiger partial charge in [0, 0.05) is 31.9 Å². The summed E-state index contributed by atoms with van der Waals surface area (Å²) < 4.78 is 1.31. The minimum absolute atomic E-state index is 0.0256. The Bertz CT molecular complexity index is 1010. The van der Waals surface area contributed by atoms with Gasteiger partial charge < -0.3 is 10.2 Å². The van der Waals surface area contributed by atoms with Crippen LogP contribution in [-0.4, -0.2) is 44.2 Å². The van der Waals surface area contributed by atoms with E-state index in [1.165, 1.54) is 10.7 Å². The smallest absolute Gasteiger partial charge is 0.266 e. The van der Waals surface area contributed by atoms with Crippen molar-refractivity contribution >= 4 is 28.4 Å². The SMILES string of the molecule is Cn1nc(N2CCCC(C(=O)Nc3ccc4n[nH]nc4c3)C2)ccc1=O. The fraction of sp³-hybridized carbons (Fsp3) is 0.353. The Morgan fingerprint density at radius 1 is 1.23 bits per heavy atom. The van der Waals surface area contributed by atoms with E-state index in [2.05, 4.69) is 25.8 Å². The Morgan fingerprint density at radius 2 is 2.08 bits per heavy atom. The van der Waals surface area contributed by atoms with Crippen LogP contribution in [0, 0.1) is 5.92 Å². The van der Waals surface area contributed by atoms with E-state index >= 15 is 0 Å². The second-order valence-corrected chi connectivity index (χ2v) is 6.45. The number of piperidine rings is 1. The van der Waals surface area contributed by atoms with Crippen molar-refractivity contribution in [1.29, 1.82) is 0 Å². The molecule has 1 aliphatic heterocycles. The normalized spacial score (nSPS) is 17.4. The molecule has 134 valence electrons. The Kier molecular flexibility index (Phi) is 4.11. The van der Waals surface area contributed by atoms with Crippen LogP contribution in [0.2, 0.25) is 0 Å². The molecule has 1 saturated heterocycles. The molecule has 9 nitrogen and oxygen atoms in total. The quantitative estimate of drug-likeness (QED) is 0.724. The minimum Gasteiger partial charge on any atom is -0.354 e. The van der Waals surface area contributed by atoms with Gasteiger partial charge in [-0.1, -0.05) is 0 Å². The van der Waals surface area contributed by atoms with Gasteiger partial charge in [0.25, 0.3) is 5.56 Å². The Balaban J connectivity index is 1.47. The number of fused-ring (bicyclic) bond motifs is 1. The van der Waals surface area contributed by atoms with Crippen LogP contribution in [0.4, 0.5) is 11.5 Å². The van der Waals surface area contributed by atoms with Crippen molar-refractivity contribution in [3.05, 3.63) is 40.7 Å². The molecule has 0 radical (unpaired) electrons. The Hall–Kier alpha value is -3.23. The topological polar surface area (TPSA) is 109 Å². The highest BCUT2D eigenvalue weighted by molar-refractivity contribution is 5.94. The Labute approximate surface area is 149 Å². The molecule has 0 bridgehead atoms. The number of H-pyrrole nitrogens is 1. The highest BCUT2D eigenvalue weighted by Crippen LogP contribution is 2.23. The van der Waals surface area contributed by atoms with Crippen LogP contribution < -0.4 is 15.8 Å². The lowest BCUT2D eigenvalue weighted by molar-refractivity contribution is -0.120. The number of aryl methyl sites for hydroxylation is 1. The average molecular weight is 353 g/mol. The largest absolute Gasteiger partial charge is 0.354 e. The van der Waals surface area contributed by atoms with Gasteiger partial charge in [-0.2, -0.15) is 20.5 Å². The molecule has 1 fully saturated rings. The number of rotatable bonds is 3. The zero-order valence-corrected chi connectivity index (χ0v) is 14.3. The number of aromatic nitrogens is 5. The van der Waals surface area contributed by atoms with Crippen LogP contribution in [0.5, 0.6) is 0 Å². The second kappa shape index (κ2) is 6.58. The van der Waals surface area contributed by atoms with Crippen LogP contribution in [0.3, 0.4) is 0 Å². The van der Waals surface area contributed by atoms with Gasteiger partial charge in [0.05, 0.1) is 5.92 Å². The molecular weight excluding hydrogens is 334 g/mol. The highest BCUT2D eigenvalue weighted by Gasteiger charge is 2.27. The summed E-state index contributed by atoms with van der Waals surface area (Å²) in [5, 5.41) is 17.8. The molecule has 4 rings (SSSR count). The molecular formula is C17H19N7O2. The number of anilines is 2. The van der Waals surface area contributed by atoms with Gasteiger partial charge in [0.15, 0.2) is 0 Å². The summed E-state index contributed by atoms with van der Waals surface area (Å²) in [5.41, 5.74) is 2.02. The molecule has 2 N–H and O–H groups in total. The van der Waals surface area contributed by atoms with E-state index in [9.17, 15) is 9.59 Å². The maximum absolute atomic E-state index is 12.7. The monoisotopic (exact) mass is 353 g/mol. The van der Waals surface area contributed by atoms with Gasteiger partial charge in [-0.3, -0.25) is 9.59 Å². The predicted molar refractivity (Wildman–Crippen MR) is 96.9 cm³/mol. The van der Waals surface area contributed by atoms with E-state index in [4.69, 9.17) is 0 Å². The van der Waals surface area contributed by atoms with Gasteiger partial charge in [0.2, 0.25) is 5.91 Å².